The number of nitrogens with zero attached hydrogens (tertiary/aromatic N) is 1. The topological polar surface area (TPSA) is 32.7 Å². The van der Waals surface area contributed by atoms with E-state index in [1.807, 2.05) is 0 Å². The van der Waals surface area contributed by atoms with E-state index in [4.69, 9.17) is 4.74 Å². The predicted molar refractivity (Wildman–Crippen MR) is 61.9 cm³/mol. The number of piperidine rings is 1. The molecule has 1 aliphatic heterocycles. The summed E-state index contributed by atoms with van der Waals surface area (Å²) < 4.78 is 5.67. The predicted octanol–water partition coefficient (Wildman–Crippen LogP) is 1.50. The fraction of sp³-hybridized carbons (Fsp3) is 1.00. The molecule has 0 bridgehead atoms. The van der Waals surface area contributed by atoms with E-state index in [-0.39, 0.29) is 11.7 Å². The average Bonchev–Trinajstić information content (AvgIpc) is 2.09. The molecule has 0 saturated carbocycles. The second-order valence-electron chi connectivity index (χ2n) is 5.59. The van der Waals surface area contributed by atoms with Crippen molar-refractivity contribution >= 4 is 0 Å². The Morgan fingerprint density at radius 2 is 2.07 bits per heavy atom. The van der Waals surface area contributed by atoms with Crippen LogP contribution in [0.4, 0.5) is 0 Å². The smallest absolute Gasteiger partial charge is 0.0693 e. The highest BCUT2D eigenvalue weighted by atomic mass is 16.5. The van der Waals surface area contributed by atoms with Crippen LogP contribution < -0.4 is 0 Å². The van der Waals surface area contributed by atoms with Crippen LogP contribution >= 0.6 is 0 Å². The summed E-state index contributed by atoms with van der Waals surface area (Å²) in [7, 11) is 0. The summed E-state index contributed by atoms with van der Waals surface area (Å²) in [5, 5.41) is 9.72. The molecule has 3 heteroatoms. The highest BCUT2D eigenvalue weighted by Crippen LogP contribution is 2.16. The van der Waals surface area contributed by atoms with Crippen LogP contribution in [0, 0.1) is 5.92 Å². The van der Waals surface area contributed by atoms with Gasteiger partial charge in [0.1, 0.15) is 0 Å². The highest BCUT2D eigenvalue weighted by Gasteiger charge is 2.24. The van der Waals surface area contributed by atoms with Gasteiger partial charge in [-0.1, -0.05) is 6.92 Å². The Bertz CT molecular complexity index is 189. The Hall–Kier alpha value is -0.120. The number of β-amino-alcohol motifs (C(OH)–C–C–N with tert-alkyl or cyclic N) is 1. The van der Waals surface area contributed by atoms with Gasteiger partial charge in [-0.2, -0.15) is 0 Å². The molecule has 0 spiro atoms. The van der Waals surface area contributed by atoms with E-state index in [2.05, 4.69) is 32.6 Å². The molecule has 90 valence electrons. The van der Waals surface area contributed by atoms with Crippen molar-refractivity contribution in [2.75, 3.05) is 26.2 Å². The fourth-order valence-electron chi connectivity index (χ4n) is 1.80. The molecule has 0 radical (unpaired) electrons. The minimum absolute atomic E-state index is 0.0539. The van der Waals surface area contributed by atoms with Crippen LogP contribution in [0.2, 0.25) is 0 Å². The fourth-order valence-corrected chi connectivity index (χ4v) is 1.80. The molecule has 1 saturated heterocycles. The first-order valence-electron chi connectivity index (χ1n) is 5.93. The van der Waals surface area contributed by atoms with Gasteiger partial charge in [-0.25, -0.2) is 0 Å². The summed E-state index contributed by atoms with van der Waals surface area (Å²) in [6.45, 7) is 11.9. The molecule has 1 heterocycles. The standard InChI is InChI=1S/C12H25NO2/c1-10-5-6-13(9-11(10)14)7-8-15-12(2,3)4/h10-11,14H,5-9H2,1-4H3. The Morgan fingerprint density at radius 1 is 1.40 bits per heavy atom. The van der Waals surface area contributed by atoms with Crippen LogP contribution in [0.5, 0.6) is 0 Å². The first-order chi connectivity index (χ1) is 6.88. The summed E-state index contributed by atoms with van der Waals surface area (Å²) >= 11 is 0. The lowest BCUT2D eigenvalue weighted by Gasteiger charge is -2.34. The molecular formula is C12H25NO2. The summed E-state index contributed by atoms with van der Waals surface area (Å²) in [6, 6.07) is 0. The number of aliphatic hydroxyl groups is 1. The molecule has 15 heavy (non-hydrogen) atoms. The van der Waals surface area contributed by atoms with Crippen LogP contribution in [0.3, 0.4) is 0 Å². The number of rotatable bonds is 3. The summed E-state index contributed by atoms with van der Waals surface area (Å²) in [5.74, 6) is 0.449. The molecular weight excluding hydrogens is 190 g/mol. The van der Waals surface area contributed by atoms with E-state index >= 15 is 0 Å². The zero-order chi connectivity index (χ0) is 11.5. The van der Waals surface area contributed by atoms with Gasteiger partial charge < -0.3 is 9.84 Å². The zero-order valence-electron chi connectivity index (χ0n) is 10.5. The van der Waals surface area contributed by atoms with Gasteiger partial charge in [0, 0.05) is 13.1 Å². The third-order valence-corrected chi connectivity index (χ3v) is 2.95. The number of aliphatic hydroxyl groups excluding tert-OH is 1. The van der Waals surface area contributed by atoms with E-state index in [9.17, 15) is 5.11 Å². The first-order valence-corrected chi connectivity index (χ1v) is 5.93. The van der Waals surface area contributed by atoms with Gasteiger partial charge in [0.25, 0.3) is 0 Å². The third-order valence-electron chi connectivity index (χ3n) is 2.95. The van der Waals surface area contributed by atoms with Crippen molar-refractivity contribution in [3.63, 3.8) is 0 Å². The minimum atomic E-state index is -0.159. The Kier molecular flexibility index (Phi) is 4.56. The van der Waals surface area contributed by atoms with Gasteiger partial charge in [-0.15, -0.1) is 0 Å². The van der Waals surface area contributed by atoms with Crippen LogP contribution in [0.25, 0.3) is 0 Å². The van der Waals surface area contributed by atoms with E-state index in [0.717, 1.165) is 32.7 Å². The van der Waals surface area contributed by atoms with Gasteiger partial charge in [0.05, 0.1) is 18.3 Å². The van der Waals surface area contributed by atoms with Crippen molar-refractivity contribution in [1.82, 2.24) is 4.90 Å². The molecule has 1 fully saturated rings. The van der Waals surface area contributed by atoms with Crippen LogP contribution in [0.15, 0.2) is 0 Å². The van der Waals surface area contributed by atoms with E-state index in [1.165, 1.54) is 0 Å². The molecule has 0 aromatic rings. The maximum absolute atomic E-state index is 9.72. The maximum atomic E-state index is 9.72. The van der Waals surface area contributed by atoms with Crippen molar-refractivity contribution in [2.45, 2.75) is 45.8 Å². The van der Waals surface area contributed by atoms with Crippen molar-refractivity contribution in [3.8, 4) is 0 Å². The van der Waals surface area contributed by atoms with Crippen LogP contribution in [-0.4, -0.2) is 48.0 Å². The third kappa shape index (κ3) is 4.96. The minimum Gasteiger partial charge on any atom is -0.392 e. The van der Waals surface area contributed by atoms with Gasteiger partial charge in [-0.3, -0.25) is 4.90 Å². The molecule has 2 unspecified atom stereocenters. The van der Waals surface area contributed by atoms with Crippen molar-refractivity contribution in [3.05, 3.63) is 0 Å². The molecule has 0 aliphatic carbocycles. The molecule has 1 N–H and O–H groups in total. The zero-order valence-corrected chi connectivity index (χ0v) is 10.5. The lowest BCUT2D eigenvalue weighted by molar-refractivity contribution is -0.0296. The lowest BCUT2D eigenvalue weighted by Crippen LogP contribution is -2.44. The number of ether oxygens (including phenoxy) is 1. The van der Waals surface area contributed by atoms with Gasteiger partial charge in [0.2, 0.25) is 0 Å². The second kappa shape index (κ2) is 5.28. The van der Waals surface area contributed by atoms with E-state index < -0.39 is 0 Å². The number of hydrogen-bond acceptors (Lipinski definition) is 3. The van der Waals surface area contributed by atoms with Gasteiger partial charge >= 0.3 is 0 Å². The molecule has 2 atom stereocenters. The first kappa shape index (κ1) is 12.9. The molecule has 0 aromatic carbocycles. The number of hydrogen-bond donors (Lipinski definition) is 1. The van der Waals surface area contributed by atoms with Crippen molar-refractivity contribution in [1.29, 1.82) is 0 Å². The summed E-state index contributed by atoms with van der Waals surface area (Å²) in [6.07, 6.45) is 0.935. The Labute approximate surface area is 93.4 Å². The molecule has 1 rings (SSSR count). The lowest BCUT2D eigenvalue weighted by atomic mass is 9.96. The van der Waals surface area contributed by atoms with Gasteiger partial charge in [-0.05, 0) is 39.7 Å². The van der Waals surface area contributed by atoms with Crippen LogP contribution in [0.1, 0.15) is 34.1 Å². The molecule has 3 nitrogen and oxygen atoms in total. The monoisotopic (exact) mass is 215 g/mol. The summed E-state index contributed by atoms with van der Waals surface area (Å²) in [4.78, 5) is 2.29. The largest absolute Gasteiger partial charge is 0.392 e. The average molecular weight is 215 g/mol. The van der Waals surface area contributed by atoms with Crippen molar-refractivity contribution in [2.24, 2.45) is 5.92 Å². The Balaban J connectivity index is 2.17. The molecule has 1 aliphatic rings. The van der Waals surface area contributed by atoms with Gasteiger partial charge in [0.15, 0.2) is 0 Å². The second-order valence-corrected chi connectivity index (χ2v) is 5.59. The highest BCUT2D eigenvalue weighted by molar-refractivity contribution is 4.77. The normalized spacial score (nSPS) is 29.4. The Morgan fingerprint density at radius 3 is 2.60 bits per heavy atom. The van der Waals surface area contributed by atoms with E-state index in [1.54, 1.807) is 0 Å². The molecule has 0 aromatic heterocycles. The molecule has 0 amide bonds. The van der Waals surface area contributed by atoms with Crippen LogP contribution in [-0.2, 0) is 4.74 Å². The number of likely N-dealkylation sites (tertiary alicyclic amines) is 1. The van der Waals surface area contributed by atoms with E-state index in [0.29, 0.717) is 5.92 Å². The summed E-state index contributed by atoms with van der Waals surface area (Å²) in [5.41, 5.74) is -0.0539. The van der Waals surface area contributed by atoms with Crippen molar-refractivity contribution < 1.29 is 9.84 Å². The maximum Gasteiger partial charge on any atom is 0.0693 e. The quantitative estimate of drug-likeness (QED) is 0.774. The SMILES string of the molecule is CC1CCN(CCOC(C)(C)C)CC1O.